The van der Waals surface area contributed by atoms with Crippen LogP contribution >= 0.6 is 0 Å². The zero-order chi connectivity index (χ0) is 12.1. The molecule has 1 heterocycles. The fourth-order valence-electron chi connectivity index (χ4n) is 3.63. The van der Waals surface area contributed by atoms with Crippen LogP contribution in [0.1, 0.15) is 51.4 Å². The number of rotatable bonds is 5. The Kier molecular flexibility index (Phi) is 5.26. The van der Waals surface area contributed by atoms with Gasteiger partial charge in [-0.15, -0.1) is 0 Å². The Bertz CT molecular complexity index is 222. The highest BCUT2D eigenvalue weighted by Crippen LogP contribution is 2.34. The van der Waals surface area contributed by atoms with E-state index in [9.17, 15) is 5.11 Å². The van der Waals surface area contributed by atoms with E-state index < -0.39 is 0 Å². The van der Waals surface area contributed by atoms with Crippen molar-refractivity contribution >= 4 is 0 Å². The molecule has 0 amide bonds. The SMILES string of the molecule is OCCCCN1CCCC1C1CCCCC1O. The summed E-state index contributed by atoms with van der Waals surface area (Å²) in [7, 11) is 0. The minimum atomic E-state index is -0.0628. The number of nitrogens with zero attached hydrogens (tertiary/aromatic N) is 1. The van der Waals surface area contributed by atoms with Crippen LogP contribution in [0.5, 0.6) is 0 Å². The van der Waals surface area contributed by atoms with Gasteiger partial charge in [0.1, 0.15) is 0 Å². The molecule has 2 fully saturated rings. The molecule has 17 heavy (non-hydrogen) atoms. The molecule has 0 bridgehead atoms. The molecule has 2 aliphatic rings. The van der Waals surface area contributed by atoms with Crippen LogP contribution in [0.4, 0.5) is 0 Å². The Balaban J connectivity index is 1.84. The first kappa shape index (κ1) is 13.3. The normalized spacial score (nSPS) is 35.3. The van der Waals surface area contributed by atoms with Gasteiger partial charge >= 0.3 is 0 Å². The third-order valence-electron chi connectivity index (χ3n) is 4.54. The van der Waals surface area contributed by atoms with Gasteiger partial charge in [-0.2, -0.15) is 0 Å². The van der Waals surface area contributed by atoms with Crippen LogP contribution in [-0.2, 0) is 0 Å². The molecule has 0 aromatic heterocycles. The lowest BCUT2D eigenvalue weighted by Crippen LogP contribution is -2.42. The summed E-state index contributed by atoms with van der Waals surface area (Å²) in [6.45, 7) is 2.61. The molecule has 1 aliphatic heterocycles. The average molecular weight is 241 g/mol. The van der Waals surface area contributed by atoms with Crippen molar-refractivity contribution in [2.45, 2.75) is 63.5 Å². The van der Waals surface area contributed by atoms with Gasteiger partial charge in [0.2, 0.25) is 0 Å². The molecule has 0 aromatic rings. The van der Waals surface area contributed by atoms with Crippen LogP contribution in [0.25, 0.3) is 0 Å². The Labute approximate surface area is 105 Å². The van der Waals surface area contributed by atoms with Crippen LogP contribution < -0.4 is 0 Å². The lowest BCUT2D eigenvalue weighted by Gasteiger charge is -2.37. The number of unbranched alkanes of at least 4 members (excludes halogenated alkanes) is 1. The van der Waals surface area contributed by atoms with Gasteiger partial charge in [0.05, 0.1) is 6.10 Å². The molecule has 3 nitrogen and oxygen atoms in total. The number of aliphatic hydroxyl groups excluding tert-OH is 2. The van der Waals surface area contributed by atoms with E-state index in [2.05, 4.69) is 4.90 Å². The van der Waals surface area contributed by atoms with Gasteiger partial charge in [0, 0.05) is 18.6 Å². The summed E-state index contributed by atoms with van der Waals surface area (Å²) in [4.78, 5) is 2.56. The maximum Gasteiger partial charge on any atom is 0.0583 e. The molecule has 2 rings (SSSR count). The van der Waals surface area contributed by atoms with Crippen LogP contribution in [-0.4, -0.2) is 47.0 Å². The van der Waals surface area contributed by atoms with Crippen molar-refractivity contribution < 1.29 is 10.2 Å². The molecule has 0 radical (unpaired) electrons. The standard InChI is InChI=1S/C14H27NO2/c16-11-4-3-9-15-10-5-7-13(15)12-6-1-2-8-14(12)17/h12-14,16-17H,1-11H2. The highest BCUT2D eigenvalue weighted by atomic mass is 16.3. The molecular weight excluding hydrogens is 214 g/mol. The van der Waals surface area contributed by atoms with E-state index in [1.807, 2.05) is 0 Å². The second-order valence-electron chi connectivity index (χ2n) is 5.69. The first-order valence-corrected chi connectivity index (χ1v) is 7.36. The fraction of sp³-hybridized carbons (Fsp3) is 1.00. The summed E-state index contributed by atoms with van der Waals surface area (Å²) in [6, 6.07) is 0.615. The second-order valence-corrected chi connectivity index (χ2v) is 5.69. The minimum absolute atomic E-state index is 0.0628. The van der Waals surface area contributed by atoms with E-state index in [0.717, 1.165) is 25.8 Å². The van der Waals surface area contributed by atoms with Crippen molar-refractivity contribution in [1.82, 2.24) is 4.90 Å². The summed E-state index contributed by atoms with van der Waals surface area (Å²) in [5.41, 5.74) is 0. The van der Waals surface area contributed by atoms with Gasteiger partial charge in [-0.25, -0.2) is 0 Å². The number of hydrogen-bond donors (Lipinski definition) is 2. The van der Waals surface area contributed by atoms with Gasteiger partial charge in [0.15, 0.2) is 0 Å². The van der Waals surface area contributed by atoms with Crippen molar-refractivity contribution in [3.8, 4) is 0 Å². The Morgan fingerprint density at radius 3 is 2.59 bits per heavy atom. The monoisotopic (exact) mass is 241 g/mol. The van der Waals surface area contributed by atoms with Crippen molar-refractivity contribution in [2.24, 2.45) is 5.92 Å². The van der Waals surface area contributed by atoms with Gasteiger partial charge in [-0.05, 0) is 51.6 Å². The van der Waals surface area contributed by atoms with E-state index in [-0.39, 0.29) is 6.10 Å². The molecule has 100 valence electrons. The van der Waals surface area contributed by atoms with Gasteiger partial charge < -0.3 is 15.1 Å². The molecule has 3 unspecified atom stereocenters. The zero-order valence-corrected chi connectivity index (χ0v) is 10.9. The molecule has 0 spiro atoms. The van der Waals surface area contributed by atoms with E-state index in [0.29, 0.717) is 18.6 Å². The van der Waals surface area contributed by atoms with Crippen molar-refractivity contribution in [3.63, 3.8) is 0 Å². The third-order valence-corrected chi connectivity index (χ3v) is 4.54. The van der Waals surface area contributed by atoms with Crippen molar-refractivity contribution in [1.29, 1.82) is 0 Å². The molecule has 1 saturated heterocycles. The minimum Gasteiger partial charge on any atom is -0.396 e. The Morgan fingerprint density at radius 2 is 1.82 bits per heavy atom. The lowest BCUT2D eigenvalue weighted by molar-refractivity contribution is 0.0216. The fourth-order valence-corrected chi connectivity index (χ4v) is 3.63. The Hall–Kier alpha value is -0.120. The molecule has 3 atom stereocenters. The van der Waals surface area contributed by atoms with Crippen molar-refractivity contribution in [3.05, 3.63) is 0 Å². The van der Waals surface area contributed by atoms with Crippen molar-refractivity contribution in [2.75, 3.05) is 19.7 Å². The van der Waals surface area contributed by atoms with Crippen LogP contribution in [0.15, 0.2) is 0 Å². The van der Waals surface area contributed by atoms with Gasteiger partial charge in [-0.3, -0.25) is 0 Å². The molecule has 1 saturated carbocycles. The maximum absolute atomic E-state index is 10.2. The Morgan fingerprint density at radius 1 is 1.00 bits per heavy atom. The van der Waals surface area contributed by atoms with Crippen LogP contribution in [0.3, 0.4) is 0 Å². The summed E-state index contributed by atoms with van der Waals surface area (Å²) < 4.78 is 0. The maximum atomic E-state index is 10.2. The number of likely N-dealkylation sites (tertiary alicyclic amines) is 1. The van der Waals surface area contributed by atoms with E-state index in [1.165, 1.54) is 38.6 Å². The molecule has 3 heteroatoms. The predicted molar refractivity (Wildman–Crippen MR) is 68.9 cm³/mol. The number of hydrogen-bond acceptors (Lipinski definition) is 3. The molecular formula is C14H27NO2. The molecule has 1 aliphatic carbocycles. The van der Waals surface area contributed by atoms with Crippen LogP contribution in [0.2, 0.25) is 0 Å². The average Bonchev–Trinajstić information content (AvgIpc) is 2.78. The lowest BCUT2D eigenvalue weighted by atomic mass is 9.80. The van der Waals surface area contributed by atoms with Crippen LogP contribution in [0, 0.1) is 5.92 Å². The van der Waals surface area contributed by atoms with Gasteiger partial charge in [-0.1, -0.05) is 12.8 Å². The van der Waals surface area contributed by atoms with Gasteiger partial charge in [0.25, 0.3) is 0 Å². The zero-order valence-electron chi connectivity index (χ0n) is 10.9. The van der Waals surface area contributed by atoms with E-state index in [1.54, 1.807) is 0 Å². The summed E-state index contributed by atoms with van der Waals surface area (Å²) in [5.74, 6) is 0.514. The predicted octanol–water partition coefficient (Wildman–Crippen LogP) is 1.77. The first-order valence-electron chi connectivity index (χ1n) is 7.36. The topological polar surface area (TPSA) is 43.7 Å². The summed E-state index contributed by atoms with van der Waals surface area (Å²) in [5, 5.41) is 19.0. The molecule has 2 N–H and O–H groups in total. The second kappa shape index (κ2) is 6.72. The third kappa shape index (κ3) is 3.43. The smallest absolute Gasteiger partial charge is 0.0583 e. The first-order chi connectivity index (χ1) is 8.33. The summed E-state index contributed by atoms with van der Waals surface area (Å²) in [6.07, 6.45) is 9.21. The van der Waals surface area contributed by atoms with E-state index in [4.69, 9.17) is 5.11 Å². The number of aliphatic hydroxyl groups is 2. The largest absolute Gasteiger partial charge is 0.396 e. The molecule has 0 aromatic carbocycles. The highest BCUT2D eigenvalue weighted by Gasteiger charge is 2.36. The quantitative estimate of drug-likeness (QED) is 0.721. The summed E-state index contributed by atoms with van der Waals surface area (Å²) >= 11 is 0. The highest BCUT2D eigenvalue weighted by molar-refractivity contribution is 4.90. The van der Waals surface area contributed by atoms with E-state index >= 15 is 0 Å².